The predicted octanol–water partition coefficient (Wildman–Crippen LogP) is 3.77. The molecule has 194 valence electrons. The highest BCUT2D eigenvalue weighted by atomic mass is 16.3. The maximum atomic E-state index is 14.2. The molecule has 0 radical (unpaired) electrons. The van der Waals surface area contributed by atoms with Gasteiger partial charge in [0.1, 0.15) is 0 Å². The number of aliphatic hydroxyl groups excluding tert-OH is 1. The zero-order chi connectivity index (χ0) is 25.6. The van der Waals surface area contributed by atoms with Gasteiger partial charge in [-0.15, -0.1) is 0 Å². The number of urea groups is 1. The SMILES string of the molecule is O=C(Nc1ccccc1)N[C@@H]1C(=O)N(CCO)c2ccccc2N(CC23CC4CC(CC(C4)C2)C3)C1=O. The van der Waals surface area contributed by atoms with E-state index in [4.69, 9.17) is 0 Å². The number of β-amino-alcohol motifs (C(OH)–C–C–N with tert-alkyl or cyclic N) is 1. The van der Waals surface area contributed by atoms with Crippen LogP contribution in [0.15, 0.2) is 54.6 Å². The van der Waals surface area contributed by atoms with E-state index in [1.807, 2.05) is 30.3 Å². The summed E-state index contributed by atoms with van der Waals surface area (Å²) in [6, 6.07) is 14.3. The van der Waals surface area contributed by atoms with Gasteiger partial charge in [0.15, 0.2) is 6.04 Å². The van der Waals surface area contributed by atoms with Crippen LogP contribution in [-0.4, -0.2) is 48.7 Å². The number of rotatable bonds is 6. The van der Waals surface area contributed by atoms with E-state index in [1.165, 1.54) is 24.2 Å². The Labute approximate surface area is 217 Å². The number of amides is 4. The maximum Gasteiger partial charge on any atom is 0.320 e. The third-order valence-electron chi connectivity index (χ3n) is 8.78. The van der Waals surface area contributed by atoms with Crippen molar-refractivity contribution in [2.75, 3.05) is 34.8 Å². The molecule has 0 unspecified atom stereocenters. The average molecular weight is 503 g/mol. The van der Waals surface area contributed by atoms with Crippen molar-refractivity contribution in [3.8, 4) is 0 Å². The van der Waals surface area contributed by atoms with E-state index in [0.717, 1.165) is 37.0 Å². The second-order valence-corrected chi connectivity index (χ2v) is 11.4. The quantitative estimate of drug-likeness (QED) is 0.524. The summed E-state index contributed by atoms with van der Waals surface area (Å²) in [6.07, 6.45) is 7.26. The van der Waals surface area contributed by atoms with Crippen LogP contribution in [0.1, 0.15) is 38.5 Å². The zero-order valence-corrected chi connectivity index (χ0v) is 20.9. The highest BCUT2D eigenvalue weighted by molar-refractivity contribution is 6.21. The molecular weight excluding hydrogens is 468 g/mol. The molecule has 1 atom stereocenters. The van der Waals surface area contributed by atoms with Gasteiger partial charge in [-0.1, -0.05) is 30.3 Å². The van der Waals surface area contributed by atoms with Gasteiger partial charge in [0.25, 0.3) is 11.8 Å². The van der Waals surface area contributed by atoms with E-state index < -0.39 is 23.9 Å². The molecule has 2 aromatic carbocycles. The summed E-state index contributed by atoms with van der Waals surface area (Å²) in [7, 11) is 0. The number of hydrogen-bond acceptors (Lipinski definition) is 4. The highest BCUT2D eigenvalue weighted by Crippen LogP contribution is 2.60. The van der Waals surface area contributed by atoms with Gasteiger partial charge < -0.3 is 25.5 Å². The molecule has 4 saturated carbocycles. The third kappa shape index (κ3) is 4.48. The Balaban J connectivity index is 1.34. The summed E-state index contributed by atoms with van der Waals surface area (Å²) < 4.78 is 0. The van der Waals surface area contributed by atoms with Crippen molar-refractivity contribution in [2.24, 2.45) is 23.2 Å². The fourth-order valence-electron chi connectivity index (χ4n) is 7.83. The Hall–Kier alpha value is -3.39. The van der Waals surface area contributed by atoms with Gasteiger partial charge in [-0.05, 0) is 86.0 Å². The molecule has 37 heavy (non-hydrogen) atoms. The molecule has 4 fully saturated rings. The van der Waals surface area contributed by atoms with Gasteiger partial charge in [-0.3, -0.25) is 9.59 Å². The number of aliphatic hydroxyl groups is 1. The predicted molar refractivity (Wildman–Crippen MR) is 141 cm³/mol. The number of nitrogens with zero attached hydrogens (tertiary/aromatic N) is 2. The van der Waals surface area contributed by atoms with Crippen LogP contribution in [0, 0.1) is 23.2 Å². The summed E-state index contributed by atoms with van der Waals surface area (Å²) in [4.78, 5) is 44.0. The molecular formula is C29H34N4O4. The number of hydrogen-bond donors (Lipinski definition) is 3. The molecule has 7 rings (SSSR count). The molecule has 0 saturated heterocycles. The van der Waals surface area contributed by atoms with Crippen LogP contribution < -0.4 is 20.4 Å². The van der Waals surface area contributed by atoms with Crippen LogP contribution in [0.4, 0.5) is 21.9 Å². The van der Waals surface area contributed by atoms with Crippen molar-refractivity contribution in [2.45, 2.75) is 44.6 Å². The first kappa shape index (κ1) is 24.0. The minimum atomic E-state index is -1.39. The molecule has 4 aliphatic carbocycles. The van der Waals surface area contributed by atoms with Crippen LogP contribution in [0.25, 0.3) is 0 Å². The van der Waals surface area contributed by atoms with Crippen molar-refractivity contribution < 1.29 is 19.5 Å². The molecule has 0 spiro atoms. The van der Waals surface area contributed by atoms with Crippen LogP contribution in [0.3, 0.4) is 0 Å². The third-order valence-corrected chi connectivity index (χ3v) is 8.78. The second-order valence-electron chi connectivity index (χ2n) is 11.4. The number of anilines is 3. The van der Waals surface area contributed by atoms with Gasteiger partial charge in [-0.25, -0.2) is 4.79 Å². The molecule has 3 N–H and O–H groups in total. The lowest BCUT2D eigenvalue weighted by Gasteiger charge is -2.57. The smallest absolute Gasteiger partial charge is 0.320 e. The van der Waals surface area contributed by atoms with Crippen LogP contribution in [0.5, 0.6) is 0 Å². The van der Waals surface area contributed by atoms with E-state index in [-0.39, 0.29) is 18.6 Å². The molecule has 0 aromatic heterocycles. The lowest BCUT2D eigenvalue weighted by Crippen LogP contribution is -2.59. The number of benzene rings is 2. The van der Waals surface area contributed by atoms with Crippen LogP contribution >= 0.6 is 0 Å². The van der Waals surface area contributed by atoms with Crippen LogP contribution in [0.2, 0.25) is 0 Å². The first-order valence-electron chi connectivity index (χ1n) is 13.4. The molecule has 8 nitrogen and oxygen atoms in total. The number of carbonyl (C=O) groups excluding carboxylic acids is 3. The normalized spacial score (nSPS) is 30.2. The average Bonchev–Trinajstić information content (AvgIpc) is 2.94. The Morgan fingerprint density at radius 2 is 1.38 bits per heavy atom. The van der Waals surface area contributed by atoms with E-state index in [0.29, 0.717) is 23.6 Å². The minimum Gasteiger partial charge on any atom is -0.395 e. The van der Waals surface area contributed by atoms with E-state index in [9.17, 15) is 19.5 Å². The van der Waals surface area contributed by atoms with Gasteiger partial charge in [0, 0.05) is 18.8 Å². The lowest BCUT2D eigenvalue weighted by atomic mass is 9.49. The second kappa shape index (κ2) is 9.49. The Bertz CT molecular complexity index is 1160. The van der Waals surface area contributed by atoms with Crippen LogP contribution in [-0.2, 0) is 9.59 Å². The monoisotopic (exact) mass is 502 g/mol. The van der Waals surface area contributed by atoms with Crippen molar-refractivity contribution in [3.63, 3.8) is 0 Å². The molecule has 5 aliphatic rings. The van der Waals surface area contributed by atoms with E-state index in [2.05, 4.69) is 10.6 Å². The number of fused-ring (bicyclic) bond motifs is 1. The molecule has 8 heteroatoms. The summed E-state index contributed by atoms with van der Waals surface area (Å²) >= 11 is 0. The molecule has 1 aliphatic heterocycles. The number of carbonyl (C=O) groups is 3. The Morgan fingerprint density at radius 3 is 1.97 bits per heavy atom. The summed E-state index contributed by atoms with van der Waals surface area (Å²) in [5, 5.41) is 15.1. The zero-order valence-electron chi connectivity index (χ0n) is 20.9. The van der Waals surface area contributed by atoms with Crippen molar-refractivity contribution in [1.82, 2.24) is 5.32 Å². The largest absolute Gasteiger partial charge is 0.395 e. The van der Waals surface area contributed by atoms with Gasteiger partial charge in [-0.2, -0.15) is 0 Å². The first-order chi connectivity index (χ1) is 17.9. The number of nitrogens with one attached hydrogen (secondary N) is 2. The van der Waals surface area contributed by atoms with Crippen molar-refractivity contribution >= 4 is 34.9 Å². The maximum absolute atomic E-state index is 14.2. The molecule has 4 bridgehead atoms. The number of para-hydroxylation sites is 3. The Kier molecular flexibility index (Phi) is 6.15. The fraction of sp³-hybridized carbons (Fsp3) is 0.483. The molecule has 1 heterocycles. The molecule has 2 aromatic rings. The van der Waals surface area contributed by atoms with Gasteiger partial charge >= 0.3 is 6.03 Å². The van der Waals surface area contributed by atoms with Gasteiger partial charge in [0.05, 0.1) is 18.0 Å². The summed E-state index contributed by atoms with van der Waals surface area (Å²) in [5.41, 5.74) is 1.86. The standard InChI is InChI=1S/C29H34N4O4/c34-11-10-32-23-8-4-5-9-24(23)33(18-29-15-19-12-20(16-29)14-21(13-19)17-29)27(36)25(26(32)35)31-28(37)30-22-6-2-1-3-7-22/h1-9,19-21,25,34H,10-18H2,(H2,30,31,37)/t19?,20?,21?,25-,29?/m1/s1. The molecule has 4 amide bonds. The van der Waals surface area contributed by atoms with E-state index in [1.54, 1.807) is 29.2 Å². The summed E-state index contributed by atoms with van der Waals surface area (Å²) in [5.74, 6) is 1.21. The first-order valence-corrected chi connectivity index (χ1v) is 13.4. The minimum absolute atomic E-state index is 0.0345. The van der Waals surface area contributed by atoms with Crippen molar-refractivity contribution in [3.05, 3.63) is 54.6 Å². The Morgan fingerprint density at radius 1 is 0.838 bits per heavy atom. The lowest BCUT2D eigenvalue weighted by molar-refractivity contribution is -0.129. The van der Waals surface area contributed by atoms with Gasteiger partial charge in [0.2, 0.25) is 0 Å². The summed E-state index contributed by atoms with van der Waals surface area (Å²) in [6.45, 7) is 0.323. The topological polar surface area (TPSA) is 102 Å². The van der Waals surface area contributed by atoms with Crippen molar-refractivity contribution in [1.29, 1.82) is 0 Å². The fourth-order valence-corrected chi connectivity index (χ4v) is 7.83. The highest BCUT2D eigenvalue weighted by Gasteiger charge is 2.53. The van der Waals surface area contributed by atoms with E-state index >= 15 is 0 Å².